The number of rotatable bonds is 6. The molecule has 0 saturated heterocycles. The fraction of sp³-hybridized carbons (Fsp3) is 0.263. The minimum Gasteiger partial charge on any atom is -0.502 e. The normalized spacial score (nSPS) is 10.9. The monoisotopic (exact) mass is 436 g/mol. The molecule has 0 aliphatic rings. The summed E-state index contributed by atoms with van der Waals surface area (Å²) >= 11 is 11.9. The highest BCUT2D eigenvalue weighted by atomic mass is 35.5. The average molecular weight is 437 g/mol. The summed E-state index contributed by atoms with van der Waals surface area (Å²) in [5.41, 5.74) is 0.358. The maximum atomic E-state index is 12.5. The quantitative estimate of drug-likeness (QED) is 0.574. The Morgan fingerprint density at radius 1 is 1.28 bits per heavy atom. The fourth-order valence-electron chi connectivity index (χ4n) is 2.76. The summed E-state index contributed by atoms with van der Waals surface area (Å²) in [6.45, 7) is 1.95. The Morgan fingerprint density at radius 2 is 2.03 bits per heavy atom. The van der Waals surface area contributed by atoms with Crippen LogP contribution >= 0.6 is 23.2 Å². The summed E-state index contributed by atoms with van der Waals surface area (Å²) < 4.78 is 6.08. The number of nitrogens with one attached hydrogen (secondary N) is 1. The second-order valence-corrected chi connectivity index (χ2v) is 7.22. The van der Waals surface area contributed by atoms with Crippen molar-refractivity contribution in [3.8, 4) is 17.3 Å². The first kappa shape index (κ1) is 20.9. The van der Waals surface area contributed by atoms with E-state index in [1.807, 2.05) is 6.07 Å². The first-order chi connectivity index (χ1) is 13.8. The number of aromatic nitrogens is 3. The summed E-state index contributed by atoms with van der Waals surface area (Å²) in [6.07, 6.45) is 1.30. The van der Waals surface area contributed by atoms with Gasteiger partial charge in [-0.2, -0.15) is 4.98 Å². The molecule has 10 heteroatoms. The van der Waals surface area contributed by atoms with Gasteiger partial charge in [0.2, 0.25) is 11.7 Å². The molecule has 0 fully saturated rings. The Morgan fingerprint density at radius 3 is 2.69 bits per heavy atom. The van der Waals surface area contributed by atoms with Gasteiger partial charge < -0.3 is 19.5 Å². The summed E-state index contributed by atoms with van der Waals surface area (Å²) in [5, 5.41) is 17.5. The van der Waals surface area contributed by atoms with E-state index in [0.717, 1.165) is 10.1 Å². The van der Waals surface area contributed by atoms with Crippen LogP contribution in [0.4, 0.5) is 0 Å². The number of halogens is 2. The van der Waals surface area contributed by atoms with Gasteiger partial charge in [-0.3, -0.25) is 9.59 Å². The Labute approximate surface area is 176 Å². The average Bonchev–Trinajstić information content (AvgIpc) is 3.12. The van der Waals surface area contributed by atoms with Crippen LogP contribution < -0.4 is 10.9 Å². The van der Waals surface area contributed by atoms with Gasteiger partial charge >= 0.3 is 0 Å². The van der Waals surface area contributed by atoms with Gasteiger partial charge in [0.15, 0.2) is 5.75 Å². The number of hydrogen-bond donors (Lipinski definition) is 2. The van der Waals surface area contributed by atoms with Crippen LogP contribution in [-0.4, -0.2) is 32.3 Å². The Hall–Kier alpha value is -2.84. The van der Waals surface area contributed by atoms with E-state index in [-0.39, 0.29) is 17.1 Å². The number of amides is 1. The molecule has 8 nitrogen and oxygen atoms in total. The predicted octanol–water partition coefficient (Wildman–Crippen LogP) is 3.12. The SMILES string of the molecule is Cc1nc(-c2cc(C(=O)NCCCc3ccc(Cl)c(Cl)c3)c(O)c(=O)n2C)no1. The highest BCUT2D eigenvalue weighted by molar-refractivity contribution is 6.42. The number of carbonyl (C=O) groups is 1. The molecular weight excluding hydrogens is 419 g/mol. The van der Waals surface area contributed by atoms with Crippen molar-refractivity contribution < 1.29 is 14.4 Å². The van der Waals surface area contributed by atoms with Crippen molar-refractivity contribution in [3.63, 3.8) is 0 Å². The standard InChI is InChI=1S/C19H18Cl2N4O4/c1-10-23-17(24-29-10)15-9-12(16(26)19(28)25(15)2)18(27)22-7-3-4-11-5-6-13(20)14(21)8-11/h5-6,8-9,26H,3-4,7H2,1-2H3,(H,22,27). The van der Waals surface area contributed by atoms with Gasteiger partial charge in [-0.15, -0.1) is 0 Å². The van der Waals surface area contributed by atoms with E-state index in [1.54, 1.807) is 19.1 Å². The molecule has 1 amide bonds. The van der Waals surface area contributed by atoms with Crippen LogP contribution in [0.3, 0.4) is 0 Å². The minimum atomic E-state index is -0.731. The molecule has 0 bridgehead atoms. The van der Waals surface area contributed by atoms with Gasteiger partial charge in [-0.25, -0.2) is 0 Å². The second kappa shape index (κ2) is 8.67. The molecule has 0 unspecified atom stereocenters. The zero-order valence-corrected chi connectivity index (χ0v) is 17.2. The van der Waals surface area contributed by atoms with Gasteiger partial charge in [-0.05, 0) is 36.6 Å². The molecule has 3 aromatic rings. The topological polar surface area (TPSA) is 110 Å². The molecule has 0 spiro atoms. The van der Waals surface area contributed by atoms with Crippen LogP contribution in [0.1, 0.15) is 28.2 Å². The van der Waals surface area contributed by atoms with Crippen molar-refractivity contribution in [3.05, 3.63) is 61.7 Å². The number of hydrogen-bond acceptors (Lipinski definition) is 6. The molecule has 2 N–H and O–H groups in total. The van der Waals surface area contributed by atoms with Crippen LogP contribution in [0.25, 0.3) is 11.5 Å². The van der Waals surface area contributed by atoms with Crippen LogP contribution in [0.5, 0.6) is 5.75 Å². The summed E-state index contributed by atoms with van der Waals surface area (Å²) in [7, 11) is 1.45. The van der Waals surface area contributed by atoms with E-state index < -0.39 is 17.2 Å². The highest BCUT2D eigenvalue weighted by Crippen LogP contribution is 2.23. The molecule has 2 heterocycles. The lowest BCUT2D eigenvalue weighted by molar-refractivity contribution is 0.0950. The molecule has 3 rings (SSSR count). The van der Waals surface area contributed by atoms with Crippen LogP contribution in [0, 0.1) is 6.92 Å². The van der Waals surface area contributed by atoms with Gasteiger partial charge in [-0.1, -0.05) is 34.4 Å². The molecule has 0 saturated carbocycles. The van der Waals surface area contributed by atoms with Crippen molar-refractivity contribution in [2.24, 2.45) is 7.05 Å². The number of aromatic hydroxyl groups is 1. The zero-order valence-electron chi connectivity index (χ0n) is 15.7. The molecular formula is C19H18Cl2N4O4. The highest BCUT2D eigenvalue weighted by Gasteiger charge is 2.20. The van der Waals surface area contributed by atoms with Gasteiger partial charge in [0.25, 0.3) is 11.5 Å². The van der Waals surface area contributed by atoms with E-state index >= 15 is 0 Å². The third kappa shape index (κ3) is 4.60. The van der Waals surface area contributed by atoms with Crippen molar-refractivity contribution in [2.75, 3.05) is 6.54 Å². The third-order valence-electron chi connectivity index (χ3n) is 4.32. The summed E-state index contributed by atoms with van der Waals surface area (Å²) in [6, 6.07) is 6.71. The largest absolute Gasteiger partial charge is 0.502 e. The molecule has 1 aromatic carbocycles. The smallest absolute Gasteiger partial charge is 0.293 e. The predicted molar refractivity (Wildman–Crippen MR) is 108 cm³/mol. The van der Waals surface area contributed by atoms with Crippen molar-refractivity contribution in [2.45, 2.75) is 19.8 Å². The van der Waals surface area contributed by atoms with Gasteiger partial charge in [0.05, 0.1) is 21.3 Å². The number of aryl methyl sites for hydroxylation is 2. The summed E-state index contributed by atoms with van der Waals surface area (Å²) in [4.78, 5) is 28.9. The molecule has 0 aliphatic heterocycles. The van der Waals surface area contributed by atoms with E-state index in [1.165, 1.54) is 13.1 Å². The third-order valence-corrected chi connectivity index (χ3v) is 5.06. The first-order valence-electron chi connectivity index (χ1n) is 8.73. The molecule has 0 radical (unpaired) electrons. The maximum Gasteiger partial charge on any atom is 0.293 e. The van der Waals surface area contributed by atoms with Crippen molar-refractivity contribution in [1.29, 1.82) is 0 Å². The molecule has 152 valence electrons. The Balaban J connectivity index is 1.71. The van der Waals surface area contributed by atoms with Crippen molar-refractivity contribution >= 4 is 29.1 Å². The van der Waals surface area contributed by atoms with Crippen LogP contribution in [0.2, 0.25) is 10.0 Å². The second-order valence-electron chi connectivity index (χ2n) is 6.40. The zero-order chi connectivity index (χ0) is 21.1. The van der Waals surface area contributed by atoms with E-state index in [0.29, 0.717) is 35.3 Å². The lowest BCUT2D eigenvalue weighted by Gasteiger charge is -2.11. The molecule has 29 heavy (non-hydrogen) atoms. The van der Waals surface area contributed by atoms with Crippen LogP contribution in [-0.2, 0) is 13.5 Å². The number of pyridine rings is 1. The molecule has 2 aromatic heterocycles. The lowest BCUT2D eigenvalue weighted by atomic mass is 10.1. The van der Waals surface area contributed by atoms with Crippen molar-refractivity contribution in [1.82, 2.24) is 20.0 Å². The number of nitrogens with zero attached hydrogens (tertiary/aromatic N) is 3. The lowest BCUT2D eigenvalue weighted by Crippen LogP contribution is -2.28. The molecule has 0 aliphatic carbocycles. The van der Waals surface area contributed by atoms with E-state index in [2.05, 4.69) is 15.5 Å². The van der Waals surface area contributed by atoms with E-state index in [4.69, 9.17) is 27.7 Å². The number of benzene rings is 1. The van der Waals surface area contributed by atoms with Crippen LogP contribution in [0.15, 0.2) is 33.6 Å². The fourth-order valence-corrected chi connectivity index (χ4v) is 3.08. The van der Waals surface area contributed by atoms with E-state index in [9.17, 15) is 14.7 Å². The Kier molecular flexibility index (Phi) is 6.24. The minimum absolute atomic E-state index is 0.149. The number of carbonyl (C=O) groups excluding carboxylic acids is 1. The summed E-state index contributed by atoms with van der Waals surface area (Å²) in [5.74, 6) is -0.751. The van der Waals surface area contributed by atoms with Gasteiger partial charge in [0.1, 0.15) is 0 Å². The first-order valence-corrected chi connectivity index (χ1v) is 9.49. The van der Waals surface area contributed by atoms with Gasteiger partial charge in [0, 0.05) is 20.5 Å². The maximum absolute atomic E-state index is 12.5. The molecule has 0 atom stereocenters. The Bertz CT molecular complexity index is 1120.